The molecule has 0 saturated carbocycles. The summed E-state index contributed by atoms with van der Waals surface area (Å²) in [5, 5.41) is 0. The zero-order valence-corrected chi connectivity index (χ0v) is 10.7. The average molecular weight is 235 g/mol. The topological polar surface area (TPSA) is 52.3 Å². The van der Waals surface area contributed by atoms with Gasteiger partial charge in [-0.15, -0.1) is 0 Å². The Bertz CT molecular complexity index is 348. The second-order valence-electron chi connectivity index (χ2n) is 4.68. The maximum absolute atomic E-state index is 11.7. The lowest BCUT2D eigenvalue weighted by Crippen LogP contribution is -2.37. The molecule has 94 valence electrons. The molecule has 1 rings (SSSR count). The zero-order chi connectivity index (χ0) is 12.8. The number of carbonyl (C=O) groups is 1. The Balaban J connectivity index is 2.48. The highest BCUT2D eigenvalue weighted by Gasteiger charge is 2.19. The number of carbonyl (C=O) groups excluding carboxylic acids is 1. The van der Waals surface area contributed by atoms with Crippen molar-refractivity contribution in [3.05, 3.63) is 35.9 Å². The molecule has 0 aromatic heterocycles. The second-order valence-corrected chi connectivity index (χ2v) is 4.68. The van der Waals surface area contributed by atoms with Gasteiger partial charge in [-0.05, 0) is 24.8 Å². The van der Waals surface area contributed by atoms with Crippen molar-refractivity contribution in [3.8, 4) is 0 Å². The van der Waals surface area contributed by atoms with E-state index in [9.17, 15) is 4.79 Å². The van der Waals surface area contributed by atoms with Gasteiger partial charge in [-0.25, -0.2) is 0 Å². The van der Waals surface area contributed by atoms with Crippen LogP contribution in [-0.2, 0) is 16.0 Å². The van der Waals surface area contributed by atoms with Gasteiger partial charge in [0.2, 0.25) is 0 Å². The molecule has 0 radical (unpaired) electrons. The molecule has 0 amide bonds. The number of hydrogen-bond donors (Lipinski definition) is 1. The smallest absolute Gasteiger partial charge is 0.323 e. The summed E-state index contributed by atoms with van der Waals surface area (Å²) in [7, 11) is 0. The van der Waals surface area contributed by atoms with Gasteiger partial charge in [0.15, 0.2) is 0 Å². The molecule has 3 heteroatoms. The van der Waals surface area contributed by atoms with Crippen LogP contribution in [0.5, 0.6) is 0 Å². The van der Waals surface area contributed by atoms with E-state index in [0.717, 1.165) is 5.56 Å². The second kappa shape index (κ2) is 6.40. The predicted molar refractivity (Wildman–Crippen MR) is 68.5 cm³/mol. The number of nitrogens with two attached hydrogens (primary N) is 1. The van der Waals surface area contributed by atoms with E-state index in [4.69, 9.17) is 10.5 Å². The van der Waals surface area contributed by atoms with Gasteiger partial charge in [0.25, 0.3) is 0 Å². The van der Waals surface area contributed by atoms with E-state index in [1.165, 1.54) is 0 Å². The van der Waals surface area contributed by atoms with Gasteiger partial charge in [0.1, 0.15) is 12.1 Å². The van der Waals surface area contributed by atoms with Crippen LogP contribution in [0.15, 0.2) is 30.3 Å². The highest BCUT2D eigenvalue weighted by Crippen LogP contribution is 2.08. The van der Waals surface area contributed by atoms with Crippen molar-refractivity contribution in [1.82, 2.24) is 0 Å². The molecule has 2 N–H and O–H groups in total. The summed E-state index contributed by atoms with van der Waals surface area (Å²) < 4.78 is 5.28. The molecule has 0 aliphatic heterocycles. The fourth-order valence-electron chi connectivity index (χ4n) is 1.36. The van der Waals surface area contributed by atoms with E-state index >= 15 is 0 Å². The number of rotatable bonds is 5. The molecule has 1 aromatic rings. The first-order valence-corrected chi connectivity index (χ1v) is 6.00. The van der Waals surface area contributed by atoms with Crippen LogP contribution >= 0.6 is 0 Å². The molecule has 17 heavy (non-hydrogen) atoms. The van der Waals surface area contributed by atoms with E-state index in [0.29, 0.717) is 12.3 Å². The Labute approximate surface area is 103 Å². The largest absolute Gasteiger partial charge is 0.461 e. The van der Waals surface area contributed by atoms with Crippen LogP contribution in [0.1, 0.15) is 26.3 Å². The minimum absolute atomic E-state index is 0.0932. The summed E-state index contributed by atoms with van der Waals surface area (Å²) in [5.41, 5.74) is 6.87. The van der Waals surface area contributed by atoms with Gasteiger partial charge in [-0.1, -0.05) is 44.2 Å². The molecular weight excluding hydrogens is 214 g/mol. The van der Waals surface area contributed by atoms with Crippen molar-refractivity contribution in [3.63, 3.8) is 0 Å². The van der Waals surface area contributed by atoms with Gasteiger partial charge in [0, 0.05) is 0 Å². The highest BCUT2D eigenvalue weighted by atomic mass is 16.5. The summed E-state index contributed by atoms with van der Waals surface area (Å²) in [4.78, 5) is 11.7. The van der Waals surface area contributed by atoms with Crippen molar-refractivity contribution in [2.24, 2.45) is 11.7 Å². The van der Waals surface area contributed by atoms with E-state index in [1.54, 1.807) is 0 Å². The van der Waals surface area contributed by atoms with Crippen LogP contribution in [0, 0.1) is 5.92 Å². The standard InChI is InChI=1S/C14H21NO2/c1-10(2)11(3)17-14(16)13(15)9-12-7-5-4-6-8-12/h4-8,10-11,13H,9,15H2,1-3H3/t11-,13+/m0/s1. The van der Waals surface area contributed by atoms with Crippen LogP contribution in [0.25, 0.3) is 0 Å². The number of ether oxygens (including phenoxy) is 1. The highest BCUT2D eigenvalue weighted by molar-refractivity contribution is 5.76. The first kappa shape index (κ1) is 13.7. The Morgan fingerprint density at radius 1 is 1.24 bits per heavy atom. The summed E-state index contributed by atoms with van der Waals surface area (Å²) in [6, 6.07) is 9.14. The molecular formula is C14H21NO2. The number of benzene rings is 1. The average Bonchev–Trinajstić information content (AvgIpc) is 2.29. The molecule has 0 fully saturated rings. The summed E-state index contributed by atoms with van der Waals surface area (Å²) >= 11 is 0. The Hall–Kier alpha value is -1.35. The van der Waals surface area contributed by atoms with Crippen LogP contribution in [-0.4, -0.2) is 18.1 Å². The lowest BCUT2D eigenvalue weighted by Gasteiger charge is -2.19. The van der Waals surface area contributed by atoms with Crippen molar-refractivity contribution in [1.29, 1.82) is 0 Å². The van der Waals surface area contributed by atoms with Crippen molar-refractivity contribution in [2.75, 3.05) is 0 Å². The van der Waals surface area contributed by atoms with Crippen LogP contribution in [0.2, 0.25) is 0 Å². The Morgan fingerprint density at radius 3 is 2.35 bits per heavy atom. The quantitative estimate of drug-likeness (QED) is 0.795. The molecule has 2 atom stereocenters. The molecule has 0 unspecified atom stereocenters. The normalized spacial score (nSPS) is 14.4. The molecule has 0 bridgehead atoms. The third-order valence-corrected chi connectivity index (χ3v) is 2.84. The monoisotopic (exact) mass is 235 g/mol. The van der Waals surface area contributed by atoms with Gasteiger partial charge in [-0.3, -0.25) is 4.79 Å². The van der Waals surface area contributed by atoms with E-state index < -0.39 is 6.04 Å². The van der Waals surface area contributed by atoms with E-state index in [1.807, 2.05) is 51.1 Å². The first-order chi connectivity index (χ1) is 8.00. The third kappa shape index (κ3) is 4.57. The van der Waals surface area contributed by atoms with Crippen LogP contribution in [0.4, 0.5) is 0 Å². The van der Waals surface area contributed by atoms with Crippen molar-refractivity contribution < 1.29 is 9.53 Å². The zero-order valence-electron chi connectivity index (χ0n) is 10.7. The maximum atomic E-state index is 11.7. The molecule has 0 spiro atoms. The lowest BCUT2D eigenvalue weighted by atomic mass is 10.1. The predicted octanol–water partition coefficient (Wildman–Crippen LogP) is 2.14. The first-order valence-electron chi connectivity index (χ1n) is 6.00. The maximum Gasteiger partial charge on any atom is 0.323 e. The van der Waals surface area contributed by atoms with Gasteiger partial charge in [0.05, 0.1) is 0 Å². The van der Waals surface area contributed by atoms with E-state index in [2.05, 4.69) is 0 Å². The molecule has 0 aliphatic rings. The Kier molecular flexibility index (Phi) is 5.16. The number of esters is 1. The molecule has 3 nitrogen and oxygen atoms in total. The third-order valence-electron chi connectivity index (χ3n) is 2.84. The summed E-state index contributed by atoms with van der Waals surface area (Å²) in [5.74, 6) is -0.0158. The molecule has 0 heterocycles. The van der Waals surface area contributed by atoms with Gasteiger partial charge < -0.3 is 10.5 Å². The molecule has 1 aromatic carbocycles. The minimum Gasteiger partial charge on any atom is -0.461 e. The van der Waals surface area contributed by atoms with Crippen LogP contribution in [0.3, 0.4) is 0 Å². The lowest BCUT2D eigenvalue weighted by molar-refractivity contribution is -0.151. The fraction of sp³-hybridized carbons (Fsp3) is 0.500. The van der Waals surface area contributed by atoms with E-state index in [-0.39, 0.29) is 12.1 Å². The van der Waals surface area contributed by atoms with Crippen molar-refractivity contribution in [2.45, 2.75) is 39.3 Å². The summed E-state index contributed by atoms with van der Waals surface area (Å²) in [6.07, 6.45) is 0.425. The molecule has 0 saturated heterocycles. The SMILES string of the molecule is CC(C)[C@H](C)OC(=O)[C@H](N)Cc1ccccc1. The van der Waals surface area contributed by atoms with Crippen LogP contribution < -0.4 is 5.73 Å². The Morgan fingerprint density at radius 2 is 1.82 bits per heavy atom. The summed E-state index contributed by atoms with van der Waals surface area (Å²) in [6.45, 7) is 5.92. The molecule has 0 aliphatic carbocycles. The minimum atomic E-state index is -0.585. The fourth-order valence-corrected chi connectivity index (χ4v) is 1.36. The van der Waals surface area contributed by atoms with Crippen molar-refractivity contribution >= 4 is 5.97 Å². The van der Waals surface area contributed by atoms with Gasteiger partial charge >= 0.3 is 5.97 Å². The van der Waals surface area contributed by atoms with Gasteiger partial charge in [-0.2, -0.15) is 0 Å². The number of hydrogen-bond acceptors (Lipinski definition) is 3.